The average Bonchev–Trinajstić information content (AvgIpc) is 1.74. The minimum Gasteiger partial charge on any atom is -0.384 e. The Balaban J connectivity index is 2.62. The molecule has 0 N–H and O–H groups in total. The normalized spacial score (nSPS) is 25.5. The molecule has 0 unspecified atom stereocenters. The molecule has 1 saturated heterocycles. The smallest absolute Gasteiger partial charge is 0.384 e. The molecule has 0 saturated carbocycles. The molecule has 1 aliphatic rings. The molecular formula is C10H21BO3. The van der Waals surface area contributed by atoms with Crippen LogP contribution in [-0.4, -0.2) is 24.6 Å². The van der Waals surface area contributed by atoms with Gasteiger partial charge >= 0.3 is 7.32 Å². The number of hydrogen-bond donors (Lipinski definition) is 0. The Bertz CT molecular complexity index is 186. The highest BCUT2D eigenvalue weighted by Crippen LogP contribution is 2.33. The number of rotatable bonds is 2. The lowest BCUT2D eigenvalue weighted by Crippen LogP contribution is -2.53. The van der Waals surface area contributed by atoms with Gasteiger partial charge in [-0.1, -0.05) is 0 Å². The van der Waals surface area contributed by atoms with Crippen molar-refractivity contribution < 1.29 is 14.0 Å². The van der Waals surface area contributed by atoms with Gasteiger partial charge in [0.15, 0.2) is 0 Å². The standard InChI is InChI=1S/C10H21BO3/c1-8(2)12-11-13-9(3,4)7-10(5,6)14-11/h8H,7H2,1-6H3. The van der Waals surface area contributed by atoms with Gasteiger partial charge in [-0.05, 0) is 41.5 Å². The molecule has 0 bridgehead atoms. The summed E-state index contributed by atoms with van der Waals surface area (Å²) in [6.07, 6.45) is 0.988. The van der Waals surface area contributed by atoms with Crippen LogP contribution in [0.3, 0.4) is 0 Å². The maximum Gasteiger partial charge on any atom is 0.640 e. The lowest BCUT2D eigenvalue weighted by atomic mass is 9.86. The fourth-order valence-corrected chi connectivity index (χ4v) is 1.93. The summed E-state index contributed by atoms with van der Waals surface area (Å²) in [7, 11) is -0.534. The minimum atomic E-state index is -0.534. The van der Waals surface area contributed by atoms with Gasteiger partial charge in [-0.25, -0.2) is 0 Å². The van der Waals surface area contributed by atoms with Gasteiger partial charge in [0, 0.05) is 12.5 Å². The minimum absolute atomic E-state index is 0.115. The first-order valence-electron chi connectivity index (χ1n) is 5.21. The van der Waals surface area contributed by atoms with Crippen molar-refractivity contribution in [1.29, 1.82) is 0 Å². The molecule has 0 aliphatic carbocycles. The molecular weight excluding hydrogens is 179 g/mol. The summed E-state index contributed by atoms with van der Waals surface area (Å²) in [4.78, 5) is 0. The third kappa shape index (κ3) is 3.60. The second-order valence-electron chi connectivity index (χ2n) is 5.41. The topological polar surface area (TPSA) is 27.7 Å². The first-order valence-corrected chi connectivity index (χ1v) is 5.21. The van der Waals surface area contributed by atoms with Crippen LogP contribution in [0, 0.1) is 0 Å². The molecule has 0 radical (unpaired) electrons. The summed E-state index contributed by atoms with van der Waals surface area (Å²) in [5, 5.41) is 0. The van der Waals surface area contributed by atoms with Crippen LogP contribution in [0.4, 0.5) is 0 Å². The summed E-state index contributed by atoms with van der Waals surface area (Å²) >= 11 is 0. The summed E-state index contributed by atoms with van der Waals surface area (Å²) in [6.45, 7) is 12.2. The van der Waals surface area contributed by atoms with E-state index in [9.17, 15) is 0 Å². The fraction of sp³-hybridized carbons (Fsp3) is 1.00. The second kappa shape index (κ2) is 3.84. The van der Waals surface area contributed by atoms with E-state index in [1.54, 1.807) is 0 Å². The molecule has 1 heterocycles. The molecule has 14 heavy (non-hydrogen) atoms. The molecule has 0 aromatic carbocycles. The van der Waals surface area contributed by atoms with E-state index in [1.807, 2.05) is 13.8 Å². The predicted molar refractivity (Wildman–Crippen MR) is 56.9 cm³/mol. The molecule has 3 nitrogen and oxygen atoms in total. The summed E-state index contributed by atoms with van der Waals surface area (Å²) < 4.78 is 16.9. The molecule has 1 rings (SSSR count). The van der Waals surface area contributed by atoms with Crippen molar-refractivity contribution in [2.45, 2.75) is 65.3 Å². The van der Waals surface area contributed by atoms with E-state index in [1.165, 1.54) is 0 Å². The van der Waals surface area contributed by atoms with Gasteiger partial charge < -0.3 is 14.0 Å². The molecule has 0 aromatic heterocycles. The maximum absolute atomic E-state index is 5.68. The van der Waals surface area contributed by atoms with Crippen LogP contribution in [0.1, 0.15) is 48.0 Å². The Morgan fingerprint density at radius 2 is 1.50 bits per heavy atom. The van der Waals surface area contributed by atoms with Crippen molar-refractivity contribution in [3.05, 3.63) is 0 Å². The van der Waals surface area contributed by atoms with Gasteiger partial charge in [-0.15, -0.1) is 0 Å². The molecule has 0 amide bonds. The Morgan fingerprint density at radius 3 is 1.86 bits per heavy atom. The van der Waals surface area contributed by atoms with Crippen LogP contribution in [0.2, 0.25) is 0 Å². The van der Waals surface area contributed by atoms with E-state index in [4.69, 9.17) is 14.0 Å². The van der Waals surface area contributed by atoms with E-state index in [0.29, 0.717) is 0 Å². The zero-order valence-corrected chi connectivity index (χ0v) is 10.1. The largest absolute Gasteiger partial charge is 0.640 e. The van der Waals surface area contributed by atoms with Crippen LogP contribution in [0.25, 0.3) is 0 Å². The van der Waals surface area contributed by atoms with E-state index >= 15 is 0 Å². The molecule has 0 spiro atoms. The lowest BCUT2D eigenvalue weighted by Gasteiger charge is -2.43. The van der Waals surface area contributed by atoms with Crippen LogP contribution >= 0.6 is 0 Å². The summed E-state index contributed by atoms with van der Waals surface area (Å²) in [6, 6.07) is 0. The van der Waals surface area contributed by atoms with Gasteiger partial charge in [0.1, 0.15) is 0 Å². The average molecular weight is 200 g/mol. The lowest BCUT2D eigenvalue weighted by molar-refractivity contribution is -0.115. The molecule has 0 atom stereocenters. The quantitative estimate of drug-likeness (QED) is 0.640. The van der Waals surface area contributed by atoms with Gasteiger partial charge in [0.25, 0.3) is 0 Å². The van der Waals surface area contributed by atoms with Crippen LogP contribution in [-0.2, 0) is 14.0 Å². The van der Waals surface area contributed by atoms with Crippen molar-refractivity contribution in [2.75, 3.05) is 0 Å². The van der Waals surface area contributed by atoms with Gasteiger partial charge in [0.2, 0.25) is 0 Å². The van der Waals surface area contributed by atoms with Crippen LogP contribution in [0.15, 0.2) is 0 Å². The Morgan fingerprint density at radius 1 is 1.07 bits per heavy atom. The van der Waals surface area contributed by atoms with Crippen molar-refractivity contribution in [2.24, 2.45) is 0 Å². The van der Waals surface area contributed by atoms with E-state index < -0.39 is 7.32 Å². The Labute approximate surface area is 87.3 Å². The van der Waals surface area contributed by atoms with Crippen molar-refractivity contribution >= 4 is 7.32 Å². The summed E-state index contributed by atoms with van der Waals surface area (Å²) in [5.74, 6) is 0. The van der Waals surface area contributed by atoms with Gasteiger partial charge in [-0.2, -0.15) is 0 Å². The highest BCUT2D eigenvalue weighted by molar-refractivity contribution is 6.37. The zero-order valence-electron chi connectivity index (χ0n) is 10.1. The highest BCUT2D eigenvalue weighted by atomic mass is 16.8. The molecule has 4 heteroatoms. The number of hydrogen-bond acceptors (Lipinski definition) is 3. The Hall–Kier alpha value is -0.0551. The first-order chi connectivity index (χ1) is 6.20. The Kier molecular flexibility index (Phi) is 3.29. The SMILES string of the molecule is CC(C)OB1OC(C)(C)CC(C)(C)O1. The third-order valence-corrected chi connectivity index (χ3v) is 2.07. The van der Waals surface area contributed by atoms with Crippen molar-refractivity contribution in [3.8, 4) is 0 Å². The van der Waals surface area contributed by atoms with Gasteiger partial charge in [-0.3, -0.25) is 0 Å². The summed E-state index contributed by atoms with van der Waals surface area (Å²) in [5.41, 5.74) is -0.359. The van der Waals surface area contributed by atoms with Crippen molar-refractivity contribution in [3.63, 3.8) is 0 Å². The fourth-order valence-electron chi connectivity index (χ4n) is 1.93. The molecule has 82 valence electrons. The maximum atomic E-state index is 5.68. The molecule has 1 fully saturated rings. The van der Waals surface area contributed by atoms with Crippen molar-refractivity contribution in [1.82, 2.24) is 0 Å². The van der Waals surface area contributed by atoms with Crippen LogP contribution in [0.5, 0.6) is 0 Å². The first kappa shape index (κ1) is 12.0. The zero-order chi connectivity index (χ0) is 11.0. The second-order valence-corrected chi connectivity index (χ2v) is 5.41. The molecule has 0 aromatic rings. The van der Waals surface area contributed by atoms with E-state index in [-0.39, 0.29) is 17.3 Å². The van der Waals surface area contributed by atoms with E-state index in [0.717, 1.165) is 6.42 Å². The van der Waals surface area contributed by atoms with E-state index in [2.05, 4.69) is 27.7 Å². The monoisotopic (exact) mass is 200 g/mol. The highest BCUT2D eigenvalue weighted by Gasteiger charge is 2.44. The third-order valence-electron chi connectivity index (χ3n) is 2.07. The molecule has 1 aliphatic heterocycles. The van der Waals surface area contributed by atoms with Gasteiger partial charge in [0.05, 0.1) is 11.2 Å². The van der Waals surface area contributed by atoms with Crippen LogP contribution < -0.4 is 0 Å². The predicted octanol–water partition coefficient (Wildman–Crippen LogP) is 2.39.